The van der Waals surface area contributed by atoms with Gasteiger partial charge in [-0.2, -0.15) is 5.26 Å². The first-order chi connectivity index (χ1) is 12.5. The number of carbonyl (C=O) groups is 1. The van der Waals surface area contributed by atoms with Gasteiger partial charge in [-0.05, 0) is 66.9 Å². The normalized spacial score (nSPS) is 15.3. The van der Waals surface area contributed by atoms with Crippen molar-refractivity contribution in [3.8, 4) is 6.07 Å². The van der Waals surface area contributed by atoms with Crippen LogP contribution < -0.4 is 5.32 Å². The Hall–Kier alpha value is -2.39. The lowest BCUT2D eigenvalue weighted by Crippen LogP contribution is -2.29. The highest BCUT2D eigenvalue weighted by atomic mass is 32.1. The zero-order valence-electron chi connectivity index (χ0n) is 15.6. The molecule has 6 heteroatoms. The van der Waals surface area contributed by atoms with Gasteiger partial charge in [-0.15, -0.1) is 0 Å². The van der Waals surface area contributed by atoms with Crippen LogP contribution in [0.25, 0.3) is 6.08 Å². The van der Waals surface area contributed by atoms with Crippen LogP contribution in [0.2, 0.25) is 0 Å². The lowest BCUT2D eigenvalue weighted by Gasteiger charge is -2.16. The minimum absolute atomic E-state index is 0.116. The molecule has 1 aromatic carbocycles. The molecule has 1 aliphatic heterocycles. The molecule has 1 heterocycles. The van der Waals surface area contributed by atoms with Gasteiger partial charge in [-0.25, -0.2) is 0 Å². The van der Waals surface area contributed by atoms with Crippen LogP contribution in [0.1, 0.15) is 50.3 Å². The number of amides is 1. The molecule has 1 amide bonds. The Kier molecular flexibility index (Phi) is 7.16. The number of hydrogen-bond donors (Lipinski definition) is 1. The summed E-state index contributed by atoms with van der Waals surface area (Å²) in [4.78, 5) is 13.8. The summed E-state index contributed by atoms with van der Waals surface area (Å²) in [6.07, 6.45) is 4.88. The SMILES string of the molecule is CCCc1cc(/C=C2/OC(=S)N(CCC#N)C2=O)cc(CC)c1NCC. The van der Waals surface area contributed by atoms with Crippen molar-refractivity contribution in [2.24, 2.45) is 0 Å². The topological polar surface area (TPSA) is 65.4 Å². The first-order valence-corrected chi connectivity index (χ1v) is 9.48. The predicted molar refractivity (Wildman–Crippen MR) is 108 cm³/mol. The second kappa shape index (κ2) is 9.35. The number of thiocarbonyl (C=S) groups is 1. The van der Waals surface area contributed by atoms with Gasteiger partial charge in [-0.1, -0.05) is 20.3 Å². The van der Waals surface area contributed by atoms with E-state index in [1.165, 1.54) is 21.7 Å². The summed E-state index contributed by atoms with van der Waals surface area (Å²) in [5, 5.41) is 12.3. The molecule has 0 aliphatic carbocycles. The Morgan fingerprint density at radius 3 is 2.65 bits per heavy atom. The molecular formula is C20H25N3O2S. The van der Waals surface area contributed by atoms with Gasteiger partial charge >= 0.3 is 0 Å². The zero-order chi connectivity index (χ0) is 19.1. The summed E-state index contributed by atoms with van der Waals surface area (Å²) in [5.74, 6) is -0.0651. The van der Waals surface area contributed by atoms with E-state index in [2.05, 4.69) is 38.2 Å². The summed E-state index contributed by atoms with van der Waals surface area (Å²) in [6, 6.07) is 6.21. The van der Waals surface area contributed by atoms with Crippen LogP contribution in [0.15, 0.2) is 17.9 Å². The maximum absolute atomic E-state index is 12.5. The third-order valence-electron chi connectivity index (χ3n) is 4.20. The molecule has 0 saturated carbocycles. The van der Waals surface area contributed by atoms with Crippen molar-refractivity contribution >= 4 is 35.1 Å². The maximum Gasteiger partial charge on any atom is 0.297 e. The van der Waals surface area contributed by atoms with Crippen LogP contribution in [0.3, 0.4) is 0 Å². The molecule has 1 N–H and O–H groups in total. The molecule has 1 saturated heterocycles. The zero-order valence-corrected chi connectivity index (χ0v) is 16.4. The number of rotatable bonds is 8. The molecule has 138 valence electrons. The van der Waals surface area contributed by atoms with Crippen molar-refractivity contribution in [1.82, 2.24) is 4.90 Å². The molecule has 0 atom stereocenters. The van der Waals surface area contributed by atoms with E-state index in [0.29, 0.717) is 0 Å². The summed E-state index contributed by atoms with van der Waals surface area (Å²) in [7, 11) is 0. The second-order valence-corrected chi connectivity index (χ2v) is 6.44. The van der Waals surface area contributed by atoms with Crippen LogP contribution in [0.5, 0.6) is 0 Å². The summed E-state index contributed by atoms with van der Waals surface area (Å²) < 4.78 is 5.48. The Labute approximate surface area is 160 Å². The van der Waals surface area contributed by atoms with Gasteiger partial charge in [0.05, 0.1) is 12.5 Å². The van der Waals surface area contributed by atoms with Gasteiger partial charge in [-0.3, -0.25) is 9.69 Å². The fourth-order valence-corrected chi connectivity index (χ4v) is 3.30. The molecule has 0 unspecified atom stereocenters. The van der Waals surface area contributed by atoms with E-state index in [-0.39, 0.29) is 29.8 Å². The predicted octanol–water partition coefficient (Wildman–Crippen LogP) is 4.03. The lowest BCUT2D eigenvalue weighted by atomic mass is 9.97. The number of nitrogens with zero attached hydrogens (tertiary/aromatic N) is 2. The van der Waals surface area contributed by atoms with Crippen molar-refractivity contribution in [3.05, 3.63) is 34.6 Å². The fraction of sp³-hybridized carbons (Fsp3) is 0.450. The van der Waals surface area contributed by atoms with Crippen molar-refractivity contribution < 1.29 is 9.53 Å². The van der Waals surface area contributed by atoms with E-state index < -0.39 is 0 Å². The molecule has 2 rings (SSSR count). The first kappa shape index (κ1) is 19.9. The average molecular weight is 372 g/mol. The Morgan fingerprint density at radius 2 is 2.04 bits per heavy atom. The summed E-state index contributed by atoms with van der Waals surface area (Å²) >= 11 is 5.12. The van der Waals surface area contributed by atoms with Crippen LogP contribution in [-0.4, -0.2) is 29.1 Å². The van der Waals surface area contributed by atoms with Gasteiger partial charge in [0.25, 0.3) is 11.1 Å². The van der Waals surface area contributed by atoms with Crippen LogP contribution >= 0.6 is 12.2 Å². The number of anilines is 1. The monoisotopic (exact) mass is 371 g/mol. The highest BCUT2D eigenvalue weighted by Gasteiger charge is 2.33. The van der Waals surface area contributed by atoms with Crippen LogP contribution in [-0.2, 0) is 22.4 Å². The molecule has 0 bridgehead atoms. The van der Waals surface area contributed by atoms with Crippen LogP contribution in [0.4, 0.5) is 5.69 Å². The third kappa shape index (κ3) is 4.41. The minimum Gasteiger partial charge on any atom is -0.426 e. The van der Waals surface area contributed by atoms with Crippen molar-refractivity contribution in [2.75, 3.05) is 18.4 Å². The van der Waals surface area contributed by atoms with E-state index in [1.54, 1.807) is 6.08 Å². The number of aryl methyl sites for hydroxylation is 2. The van der Waals surface area contributed by atoms with E-state index in [4.69, 9.17) is 22.2 Å². The molecular weight excluding hydrogens is 346 g/mol. The second-order valence-electron chi connectivity index (χ2n) is 6.09. The Bertz CT molecular complexity index is 765. The molecule has 0 spiro atoms. The van der Waals surface area contributed by atoms with Gasteiger partial charge < -0.3 is 10.1 Å². The fourth-order valence-electron chi connectivity index (χ4n) is 3.03. The molecule has 0 aromatic heterocycles. The number of nitrogens with one attached hydrogen (secondary N) is 1. The Morgan fingerprint density at radius 1 is 1.31 bits per heavy atom. The summed E-state index contributed by atoms with van der Waals surface area (Å²) in [6.45, 7) is 7.49. The molecule has 1 aliphatic rings. The van der Waals surface area contributed by atoms with E-state index >= 15 is 0 Å². The minimum atomic E-state index is -0.281. The van der Waals surface area contributed by atoms with Gasteiger partial charge in [0.15, 0.2) is 5.76 Å². The average Bonchev–Trinajstić information content (AvgIpc) is 2.88. The molecule has 1 aromatic rings. The van der Waals surface area contributed by atoms with E-state index in [0.717, 1.165) is 31.4 Å². The molecule has 5 nitrogen and oxygen atoms in total. The number of ether oxygens (including phenoxy) is 1. The number of hydrogen-bond acceptors (Lipinski definition) is 5. The van der Waals surface area contributed by atoms with E-state index in [1.807, 2.05) is 6.07 Å². The number of carbonyl (C=O) groups excluding carboxylic acids is 1. The summed E-state index contributed by atoms with van der Waals surface area (Å²) in [5.41, 5.74) is 4.60. The third-order valence-corrected chi connectivity index (χ3v) is 4.50. The van der Waals surface area contributed by atoms with Crippen molar-refractivity contribution in [1.29, 1.82) is 5.26 Å². The molecule has 0 radical (unpaired) electrons. The van der Waals surface area contributed by atoms with Crippen molar-refractivity contribution in [2.45, 2.75) is 46.5 Å². The first-order valence-electron chi connectivity index (χ1n) is 9.07. The van der Waals surface area contributed by atoms with Crippen LogP contribution in [0, 0.1) is 11.3 Å². The van der Waals surface area contributed by atoms with Gasteiger partial charge in [0, 0.05) is 18.8 Å². The number of benzene rings is 1. The standard InChI is InChI=1S/C20H25N3O2S/c1-4-8-16-12-14(11-15(5-2)18(16)22-6-3)13-17-19(24)23(10-7-9-21)20(26)25-17/h11-13,22H,4-8,10H2,1-3H3/b17-13+. The quantitative estimate of drug-likeness (QED) is 0.552. The largest absolute Gasteiger partial charge is 0.426 e. The Balaban J connectivity index is 2.38. The van der Waals surface area contributed by atoms with Gasteiger partial charge in [0.1, 0.15) is 0 Å². The van der Waals surface area contributed by atoms with Gasteiger partial charge in [0.2, 0.25) is 0 Å². The highest BCUT2D eigenvalue weighted by molar-refractivity contribution is 7.80. The molecule has 26 heavy (non-hydrogen) atoms. The van der Waals surface area contributed by atoms with Crippen molar-refractivity contribution in [3.63, 3.8) is 0 Å². The maximum atomic E-state index is 12.5. The molecule has 1 fully saturated rings. The highest BCUT2D eigenvalue weighted by Crippen LogP contribution is 2.28. The lowest BCUT2D eigenvalue weighted by molar-refractivity contribution is -0.122. The van der Waals surface area contributed by atoms with E-state index in [9.17, 15) is 4.79 Å². The number of nitriles is 1. The smallest absolute Gasteiger partial charge is 0.297 e.